The van der Waals surface area contributed by atoms with Crippen LogP contribution in [0.4, 0.5) is 13.2 Å². The second kappa shape index (κ2) is 5.65. The van der Waals surface area contributed by atoms with E-state index in [4.69, 9.17) is 0 Å². The second-order valence-electron chi connectivity index (χ2n) is 3.50. The van der Waals surface area contributed by atoms with Crippen LogP contribution in [0.15, 0.2) is 6.20 Å². The lowest BCUT2D eigenvalue weighted by Gasteiger charge is -2.05. The third-order valence-corrected chi connectivity index (χ3v) is 3.20. The molecule has 16 heavy (non-hydrogen) atoms. The second-order valence-corrected chi connectivity index (χ2v) is 4.61. The highest BCUT2D eigenvalue weighted by Gasteiger charge is 2.26. The Morgan fingerprint density at radius 2 is 2.19 bits per heavy atom. The van der Waals surface area contributed by atoms with Crippen LogP contribution in [0.25, 0.3) is 0 Å². The molecule has 0 fully saturated rings. The van der Waals surface area contributed by atoms with E-state index >= 15 is 0 Å². The van der Waals surface area contributed by atoms with E-state index < -0.39 is 12.6 Å². The summed E-state index contributed by atoms with van der Waals surface area (Å²) < 4.78 is 37.1. The highest BCUT2D eigenvalue weighted by molar-refractivity contribution is 9.09. The molecule has 7 heteroatoms. The zero-order valence-corrected chi connectivity index (χ0v) is 10.4. The van der Waals surface area contributed by atoms with E-state index in [2.05, 4.69) is 26.2 Å². The molecule has 1 aromatic rings. The Labute approximate surface area is 100 Å². The van der Waals surface area contributed by atoms with Crippen molar-refractivity contribution in [2.75, 3.05) is 0 Å². The number of hydrogen-bond donors (Lipinski definition) is 0. The van der Waals surface area contributed by atoms with E-state index in [1.165, 1.54) is 4.68 Å². The topological polar surface area (TPSA) is 30.7 Å². The summed E-state index contributed by atoms with van der Waals surface area (Å²) in [5.41, 5.74) is 0.759. The minimum Gasteiger partial charge on any atom is -0.252 e. The van der Waals surface area contributed by atoms with Crippen LogP contribution < -0.4 is 0 Å². The fraction of sp³-hybridized carbons (Fsp3) is 0.778. The summed E-state index contributed by atoms with van der Waals surface area (Å²) >= 11 is 3.40. The molecule has 1 unspecified atom stereocenters. The van der Waals surface area contributed by atoms with Crippen molar-refractivity contribution in [3.05, 3.63) is 11.9 Å². The van der Waals surface area contributed by atoms with Gasteiger partial charge in [-0.1, -0.05) is 28.1 Å². The van der Waals surface area contributed by atoms with E-state index in [-0.39, 0.29) is 17.8 Å². The molecule has 1 heterocycles. The monoisotopic (exact) mass is 299 g/mol. The molecule has 0 radical (unpaired) electrons. The van der Waals surface area contributed by atoms with Crippen LogP contribution >= 0.6 is 15.9 Å². The quantitative estimate of drug-likeness (QED) is 0.780. The number of halogens is 4. The summed E-state index contributed by atoms with van der Waals surface area (Å²) in [6.07, 6.45) is -2.30. The molecule has 1 aromatic heterocycles. The molecular formula is C9H13BrF3N3. The highest BCUT2D eigenvalue weighted by Crippen LogP contribution is 2.24. The molecule has 92 valence electrons. The van der Waals surface area contributed by atoms with Gasteiger partial charge in [0.2, 0.25) is 0 Å². The Morgan fingerprint density at radius 3 is 2.75 bits per heavy atom. The van der Waals surface area contributed by atoms with Crippen molar-refractivity contribution in [1.82, 2.24) is 15.0 Å². The minimum atomic E-state index is -4.09. The molecule has 0 spiro atoms. The molecule has 0 saturated heterocycles. The number of alkyl halides is 4. The van der Waals surface area contributed by atoms with Gasteiger partial charge in [-0.05, 0) is 12.8 Å². The number of rotatable bonds is 5. The number of hydrogen-bond acceptors (Lipinski definition) is 2. The first-order valence-electron chi connectivity index (χ1n) is 5.03. The van der Waals surface area contributed by atoms with Crippen molar-refractivity contribution in [1.29, 1.82) is 0 Å². The van der Waals surface area contributed by atoms with E-state index in [1.807, 2.05) is 6.92 Å². The van der Waals surface area contributed by atoms with Gasteiger partial charge in [-0.3, -0.25) is 4.68 Å². The smallest absolute Gasteiger partial charge is 0.252 e. The van der Waals surface area contributed by atoms with E-state index in [9.17, 15) is 13.2 Å². The van der Waals surface area contributed by atoms with Crippen molar-refractivity contribution in [3.8, 4) is 0 Å². The third-order valence-electron chi connectivity index (χ3n) is 2.08. The van der Waals surface area contributed by atoms with Crippen molar-refractivity contribution < 1.29 is 13.2 Å². The van der Waals surface area contributed by atoms with Crippen LogP contribution in [0, 0.1) is 0 Å². The molecular weight excluding hydrogens is 287 g/mol. The highest BCUT2D eigenvalue weighted by atomic mass is 79.9. The van der Waals surface area contributed by atoms with Gasteiger partial charge in [-0.2, -0.15) is 13.2 Å². The molecule has 0 bridgehead atoms. The van der Waals surface area contributed by atoms with Gasteiger partial charge in [-0.25, -0.2) is 0 Å². The fourth-order valence-corrected chi connectivity index (χ4v) is 1.43. The van der Waals surface area contributed by atoms with Crippen molar-refractivity contribution in [2.45, 2.75) is 43.7 Å². The lowest BCUT2D eigenvalue weighted by molar-refractivity contribution is -0.136. The first-order valence-corrected chi connectivity index (χ1v) is 5.95. The first kappa shape index (κ1) is 13.5. The standard InChI is InChI=1S/C9H13BrF3N3/c1-2-7(10)8-6-16(15-14-8)5-3-4-9(11,12)13/h6-7H,2-5H2,1H3. The molecule has 0 aromatic carbocycles. The Morgan fingerprint density at radius 1 is 1.50 bits per heavy atom. The van der Waals surface area contributed by atoms with Crippen LogP contribution in [0.5, 0.6) is 0 Å². The van der Waals surface area contributed by atoms with E-state index in [0.717, 1.165) is 12.1 Å². The van der Waals surface area contributed by atoms with Gasteiger partial charge in [0.1, 0.15) is 0 Å². The first-order chi connectivity index (χ1) is 7.42. The molecule has 0 aliphatic rings. The van der Waals surface area contributed by atoms with Gasteiger partial charge in [0.15, 0.2) is 0 Å². The van der Waals surface area contributed by atoms with Gasteiger partial charge in [0.25, 0.3) is 0 Å². The average Bonchev–Trinajstić information content (AvgIpc) is 2.63. The van der Waals surface area contributed by atoms with Gasteiger partial charge in [0, 0.05) is 19.2 Å². The molecule has 1 atom stereocenters. The van der Waals surface area contributed by atoms with Crippen LogP contribution in [0.2, 0.25) is 0 Å². The van der Waals surface area contributed by atoms with E-state index in [0.29, 0.717) is 0 Å². The normalized spacial score (nSPS) is 14.1. The lowest BCUT2D eigenvalue weighted by atomic mass is 10.3. The van der Waals surface area contributed by atoms with Crippen LogP contribution in [0.3, 0.4) is 0 Å². The van der Waals surface area contributed by atoms with Crippen LogP contribution in [-0.4, -0.2) is 21.2 Å². The third kappa shape index (κ3) is 4.51. The predicted molar refractivity (Wildman–Crippen MR) is 57.3 cm³/mol. The molecule has 0 saturated carbocycles. The molecule has 0 aliphatic carbocycles. The molecule has 0 N–H and O–H groups in total. The van der Waals surface area contributed by atoms with Crippen molar-refractivity contribution in [3.63, 3.8) is 0 Å². The largest absolute Gasteiger partial charge is 0.389 e. The average molecular weight is 300 g/mol. The molecule has 1 rings (SSSR count). The predicted octanol–water partition coefficient (Wildman–Crippen LogP) is 3.47. The number of aryl methyl sites for hydroxylation is 1. The Balaban J connectivity index is 2.41. The van der Waals surface area contributed by atoms with Crippen molar-refractivity contribution >= 4 is 15.9 Å². The maximum Gasteiger partial charge on any atom is 0.389 e. The molecule has 0 amide bonds. The SMILES string of the molecule is CCC(Br)c1cn(CCCC(F)(F)F)nn1. The molecule has 0 aliphatic heterocycles. The summed E-state index contributed by atoms with van der Waals surface area (Å²) in [5.74, 6) is 0. The number of nitrogens with zero attached hydrogens (tertiary/aromatic N) is 3. The fourth-order valence-electron chi connectivity index (χ4n) is 1.22. The zero-order chi connectivity index (χ0) is 12.2. The number of aromatic nitrogens is 3. The summed E-state index contributed by atoms with van der Waals surface area (Å²) in [5, 5.41) is 7.66. The van der Waals surface area contributed by atoms with Crippen molar-refractivity contribution in [2.24, 2.45) is 0 Å². The maximum absolute atomic E-state index is 11.9. The summed E-state index contributed by atoms with van der Waals surface area (Å²) in [6.45, 7) is 2.23. The Bertz CT molecular complexity index is 324. The Kier molecular flexibility index (Phi) is 4.76. The zero-order valence-electron chi connectivity index (χ0n) is 8.84. The summed E-state index contributed by atoms with van der Waals surface area (Å²) in [6, 6.07) is 0. The summed E-state index contributed by atoms with van der Waals surface area (Å²) in [7, 11) is 0. The van der Waals surface area contributed by atoms with Crippen LogP contribution in [0.1, 0.15) is 36.7 Å². The lowest BCUT2D eigenvalue weighted by Crippen LogP contribution is -2.09. The van der Waals surface area contributed by atoms with Crippen LogP contribution in [-0.2, 0) is 6.54 Å². The van der Waals surface area contributed by atoms with Gasteiger partial charge in [-0.15, -0.1) is 5.10 Å². The van der Waals surface area contributed by atoms with Gasteiger partial charge < -0.3 is 0 Å². The Hall–Kier alpha value is -0.590. The maximum atomic E-state index is 11.9. The van der Waals surface area contributed by atoms with Gasteiger partial charge in [0.05, 0.1) is 10.5 Å². The van der Waals surface area contributed by atoms with Gasteiger partial charge >= 0.3 is 6.18 Å². The molecule has 3 nitrogen and oxygen atoms in total. The van der Waals surface area contributed by atoms with E-state index in [1.54, 1.807) is 6.20 Å². The summed E-state index contributed by atoms with van der Waals surface area (Å²) in [4.78, 5) is 0.115. The minimum absolute atomic E-state index is 0.0331.